The van der Waals surface area contributed by atoms with Crippen LogP contribution >= 0.6 is 23.2 Å². The Bertz CT molecular complexity index is 904. The summed E-state index contributed by atoms with van der Waals surface area (Å²) in [5.74, 6) is -3.44. The van der Waals surface area contributed by atoms with Crippen LogP contribution in [0.3, 0.4) is 0 Å². The minimum atomic E-state index is -0.977. The largest absolute Gasteiger partial charge is 0.506 e. The monoisotopic (exact) mass is 401 g/mol. The van der Waals surface area contributed by atoms with Crippen molar-refractivity contribution in [2.45, 2.75) is 6.92 Å². The molecule has 2 aromatic rings. The van der Waals surface area contributed by atoms with Crippen LogP contribution in [-0.4, -0.2) is 33.9 Å². The van der Waals surface area contributed by atoms with Gasteiger partial charge in [0.05, 0.1) is 18.4 Å². The zero-order valence-electron chi connectivity index (χ0n) is 13.2. The summed E-state index contributed by atoms with van der Waals surface area (Å²) in [7, 11) is 0. The number of aliphatic hydroxyl groups is 1. The SMILES string of the molecule is CCOC(=O)/C(C=Nc1ccncc1F)=C(/O)c1cc(F)c(Cl)nc1Cl. The Hall–Kier alpha value is -2.58. The number of rotatable bonds is 5. The van der Waals surface area contributed by atoms with Crippen molar-refractivity contribution in [3.63, 3.8) is 0 Å². The molecule has 0 amide bonds. The molecule has 136 valence electrons. The van der Waals surface area contributed by atoms with Crippen molar-refractivity contribution in [1.29, 1.82) is 0 Å². The first-order valence-corrected chi connectivity index (χ1v) is 7.86. The Labute approximate surface area is 156 Å². The fraction of sp³-hybridized carbons (Fsp3) is 0.125. The molecule has 2 aromatic heterocycles. The molecule has 10 heteroatoms. The zero-order valence-corrected chi connectivity index (χ0v) is 14.7. The van der Waals surface area contributed by atoms with Crippen molar-refractivity contribution in [2.24, 2.45) is 4.99 Å². The van der Waals surface area contributed by atoms with Crippen LogP contribution in [0.2, 0.25) is 10.3 Å². The molecule has 0 aromatic carbocycles. The fourth-order valence-electron chi connectivity index (χ4n) is 1.78. The van der Waals surface area contributed by atoms with Crippen LogP contribution in [0, 0.1) is 11.6 Å². The second kappa shape index (κ2) is 8.68. The second-order valence-corrected chi connectivity index (χ2v) is 5.38. The van der Waals surface area contributed by atoms with E-state index in [1.54, 1.807) is 6.92 Å². The van der Waals surface area contributed by atoms with Crippen LogP contribution in [-0.2, 0) is 9.53 Å². The molecule has 0 aliphatic carbocycles. The molecule has 6 nitrogen and oxygen atoms in total. The van der Waals surface area contributed by atoms with Gasteiger partial charge in [0.2, 0.25) is 0 Å². The van der Waals surface area contributed by atoms with Gasteiger partial charge in [0.25, 0.3) is 0 Å². The van der Waals surface area contributed by atoms with Gasteiger partial charge < -0.3 is 9.84 Å². The Morgan fingerprint density at radius 3 is 2.73 bits per heavy atom. The van der Waals surface area contributed by atoms with Crippen LogP contribution in [0.4, 0.5) is 14.5 Å². The molecule has 0 aliphatic rings. The number of ether oxygens (including phenoxy) is 1. The molecule has 0 saturated heterocycles. The molecule has 0 spiro atoms. The highest BCUT2D eigenvalue weighted by atomic mass is 35.5. The van der Waals surface area contributed by atoms with Crippen LogP contribution in [0.1, 0.15) is 12.5 Å². The van der Waals surface area contributed by atoms with Crippen LogP contribution < -0.4 is 0 Å². The van der Waals surface area contributed by atoms with E-state index in [2.05, 4.69) is 15.0 Å². The van der Waals surface area contributed by atoms with E-state index in [4.69, 9.17) is 27.9 Å². The lowest BCUT2D eigenvalue weighted by Crippen LogP contribution is -2.12. The van der Waals surface area contributed by atoms with Gasteiger partial charge in [-0.1, -0.05) is 23.2 Å². The van der Waals surface area contributed by atoms with Crippen molar-refractivity contribution in [3.05, 3.63) is 57.6 Å². The summed E-state index contributed by atoms with van der Waals surface area (Å²) in [5, 5.41) is 9.52. The first-order valence-electron chi connectivity index (χ1n) is 7.11. The van der Waals surface area contributed by atoms with Crippen molar-refractivity contribution in [1.82, 2.24) is 9.97 Å². The summed E-state index contributed by atoms with van der Waals surface area (Å²) in [5.41, 5.74) is -0.923. The number of hydrogen-bond acceptors (Lipinski definition) is 6. The first-order chi connectivity index (χ1) is 12.3. The third-order valence-electron chi connectivity index (χ3n) is 2.98. The molecule has 0 bridgehead atoms. The standard InChI is InChI=1S/C16H11Cl2F2N3O3/c1-2-26-16(25)9(6-22-12-3-4-21-7-11(12)20)13(24)8-5-10(19)15(18)23-14(8)17/h3-7,24H,2H2,1H3/b13-9+,22-6?. The van der Waals surface area contributed by atoms with E-state index in [1.807, 2.05) is 0 Å². The van der Waals surface area contributed by atoms with Crippen LogP contribution in [0.5, 0.6) is 0 Å². The Morgan fingerprint density at radius 1 is 1.35 bits per heavy atom. The summed E-state index contributed by atoms with van der Waals surface area (Å²) < 4.78 is 32.1. The molecule has 0 aliphatic heterocycles. The van der Waals surface area contributed by atoms with Crippen molar-refractivity contribution < 1.29 is 23.4 Å². The number of carbonyl (C=O) groups excluding carboxylic acids is 1. The first kappa shape index (κ1) is 19.7. The molecule has 0 atom stereocenters. The number of aromatic nitrogens is 2. The maximum Gasteiger partial charge on any atom is 0.343 e. The van der Waals surface area contributed by atoms with Gasteiger partial charge in [0.1, 0.15) is 22.2 Å². The Morgan fingerprint density at radius 2 is 2.08 bits per heavy atom. The average Bonchev–Trinajstić information content (AvgIpc) is 2.60. The smallest absolute Gasteiger partial charge is 0.343 e. The Kier molecular flexibility index (Phi) is 6.59. The van der Waals surface area contributed by atoms with Gasteiger partial charge >= 0.3 is 5.97 Å². The highest BCUT2D eigenvalue weighted by Gasteiger charge is 2.20. The average molecular weight is 402 g/mol. The minimum absolute atomic E-state index is 0.00592. The van der Waals surface area contributed by atoms with E-state index in [1.165, 1.54) is 12.3 Å². The summed E-state index contributed by atoms with van der Waals surface area (Å²) in [6, 6.07) is 2.05. The molecule has 0 unspecified atom stereocenters. The summed E-state index contributed by atoms with van der Waals surface area (Å²) in [6.45, 7) is 1.54. The van der Waals surface area contributed by atoms with E-state index < -0.39 is 34.1 Å². The minimum Gasteiger partial charge on any atom is -0.506 e. The number of aliphatic hydroxyl groups excluding tert-OH is 1. The van der Waals surface area contributed by atoms with Crippen molar-refractivity contribution in [3.8, 4) is 0 Å². The number of aliphatic imine (C=N–C) groups is 1. The lowest BCUT2D eigenvalue weighted by molar-refractivity contribution is -0.137. The van der Waals surface area contributed by atoms with E-state index in [-0.39, 0.29) is 23.0 Å². The number of halogens is 4. The predicted molar refractivity (Wildman–Crippen MR) is 92.7 cm³/mol. The zero-order chi connectivity index (χ0) is 19.3. The highest BCUT2D eigenvalue weighted by Crippen LogP contribution is 2.27. The fourth-order valence-corrected chi connectivity index (χ4v) is 2.19. The third-order valence-corrected chi connectivity index (χ3v) is 3.53. The number of nitrogens with zero attached hydrogens (tertiary/aromatic N) is 3. The molecule has 2 heterocycles. The highest BCUT2D eigenvalue weighted by molar-refractivity contribution is 6.34. The summed E-state index contributed by atoms with van der Waals surface area (Å²) in [6.07, 6.45) is 3.09. The lowest BCUT2D eigenvalue weighted by Gasteiger charge is -2.08. The molecule has 0 radical (unpaired) electrons. The number of carbonyl (C=O) groups is 1. The van der Waals surface area contributed by atoms with Gasteiger partial charge in [-0.2, -0.15) is 0 Å². The normalized spacial score (nSPS) is 12.2. The lowest BCUT2D eigenvalue weighted by atomic mass is 10.1. The molecular formula is C16H11Cl2F2N3O3. The number of pyridine rings is 2. The van der Waals surface area contributed by atoms with Crippen molar-refractivity contribution in [2.75, 3.05) is 6.61 Å². The van der Waals surface area contributed by atoms with Gasteiger partial charge in [-0.15, -0.1) is 0 Å². The van der Waals surface area contributed by atoms with Gasteiger partial charge in [0, 0.05) is 12.4 Å². The quantitative estimate of drug-likeness (QED) is 0.265. The van der Waals surface area contributed by atoms with Crippen LogP contribution in [0.25, 0.3) is 5.76 Å². The van der Waals surface area contributed by atoms with Gasteiger partial charge in [-0.3, -0.25) is 9.98 Å². The third kappa shape index (κ3) is 4.53. The maximum absolute atomic E-state index is 13.6. The summed E-state index contributed by atoms with van der Waals surface area (Å²) in [4.78, 5) is 23.0. The summed E-state index contributed by atoms with van der Waals surface area (Å²) >= 11 is 11.4. The predicted octanol–water partition coefficient (Wildman–Crippen LogP) is 4.30. The van der Waals surface area contributed by atoms with Gasteiger partial charge in [-0.25, -0.2) is 18.6 Å². The van der Waals surface area contributed by atoms with E-state index in [9.17, 15) is 18.7 Å². The van der Waals surface area contributed by atoms with E-state index >= 15 is 0 Å². The van der Waals surface area contributed by atoms with Gasteiger partial charge in [-0.05, 0) is 19.1 Å². The van der Waals surface area contributed by atoms with Gasteiger partial charge in [0.15, 0.2) is 16.8 Å². The molecule has 0 fully saturated rings. The van der Waals surface area contributed by atoms with E-state index in [0.29, 0.717) is 0 Å². The maximum atomic E-state index is 13.6. The molecule has 0 saturated carbocycles. The molecule has 1 N–H and O–H groups in total. The Balaban J connectivity index is 2.56. The number of esters is 1. The number of hydrogen-bond donors (Lipinski definition) is 1. The second-order valence-electron chi connectivity index (χ2n) is 4.67. The van der Waals surface area contributed by atoms with Crippen molar-refractivity contribution >= 4 is 46.8 Å². The molecule has 26 heavy (non-hydrogen) atoms. The topological polar surface area (TPSA) is 84.7 Å². The van der Waals surface area contributed by atoms with E-state index in [0.717, 1.165) is 18.5 Å². The molecule has 2 rings (SSSR count). The molecular weight excluding hydrogens is 391 g/mol. The van der Waals surface area contributed by atoms with Crippen LogP contribution in [0.15, 0.2) is 35.1 Å².